The number of methoxy groups -OCH3 is 1. The molecule has 0 heterocycles. The van der Waals surface area contributed by atoms with E-state index in [1.54, 1.807) is 7.11 Å². The van der Waals surface area contributed by atoms with Crippen molar-refractivity contribution >= 4 is 20.0 Å². The summed E-state index contributed by atoms with van der Waals surface area (Å²) >= 11 is 0. The van der Waals surface area contributed by atoms with Crippen LogP contribution < -0.4 is 9.44 Å². The molecule has 0 aliphatic heterocycles. The van der Waals surface area contributed by atoms with E-state index in [0.717, 1.165) is 12.5 Å². The standard InChI is InChI=1S/C11H26N2O5S2/c1-5-11(8-10-18-2,13-20(4,16)17)7-6-9-12-19(3,14)15/h12-13H,5-10H2,1-4H3. The van der Waals surface area contributed by atoms with Crippen LogP contribution in [-0.4, -0.2) is 55.1 Å². The van der Waals surface area contributed by atoms with Gasteiger partial charge in [0.15, 0.2) is 0 Å². The maximum absolute atomic E-state index is 11.5. The molecule has 0 fully saturated rings. The lowest BCUT2D eigenvalue weighted by molar-refractivity contribution is 0.155. The quantitative estimate of drug-likeness (QED) is 0.521. The summed E-state index contributed by atoms with van der Waals surface area (Å²) in [6, 6.07) is 0. The van der Waals surface area contributed by atoms with Gasteiger partial charge in [-0.25, -0.2) is 26.3 Å². The predicted molar refractivity (Wildman–Crippen MR) is 79.6 cm³/mol. The zero-order valence-electron chi connectivity index (χ0n) is 12.6. The van der Waals surface area contributed by atoms with Gasteiger partial charge in [0, 0.05) is 25.8 Å². The summed E-state index contributed by atoms with van der Waals surface area (Å²) in [6.45, 7) is 2.63. The van der Waals surface area contributed by atoms with Gasteiger partial charge >= 0.3 is 0 Å². The lowest BCUT2D eigenvalue weighted by atomic mass is 9.88. The fourth-order valence-electron chi connectivity index (χ4n) is 2.03. The minimum Gasteiger partial charge on any atom is -0.385 e. The molecule has 1 atom stereocenters. The molecule has 0 aliphatic carbocycles. The smallest absolute Gasteiger partial charge is 0.209 e. The molecule has 0 saturated heterocycles. The third-order valence-corrected chi connectivity index (χ3v) is 4.59. The number of hydrogen-bond donors (Lipinski definition) is 2. The lowest BCUT2D eigenvalue weighted by Crippen LogP contribution is -2.48. The molecule has 20 heavy (non-hydrogen) atoms. The van der Waals surface area contributed by atoms with Crippen molar-refractivity contribution in [3.63, 3.8) is 0 Å². The van der Waals surface area contributed by atoms with Gasteiger partial charge in [-0.15, -0.1) is 0 Å². The molecule has 0 saturated carbocycles. The van der Waals surface area contributed by atoms with Crippen LogP contribution >= 0.6 is 0 Å². The molecule has 1 unspecified atom stereocenters. The van der Waals surface area contributed by atoms with E-state index in [1.165, 1.54) is 0 Å². The highest BCUT2D eigenvalue weighted by Gasteiger charge is 2.30. The van der Waals surface area contributed by atoms with Crippen molar-refractivity contribution < 1.29 is 21.6 Å². The first-order valence-corrected chi connectivity index (χ1v) is 10.2. The fraction of sp³-hybridized carbons (Fsp3) is 1.00. The van der Waals surface area contributed by atoms with E-state index in [-0.39, 0.29) is 0 Å². The summed E-state index contributed by atoms with van der Waals surface area (Å²) in [5, 5.41) is 0. The minimum absolute atomic E-state index is 0.291. The Hall–Kier alpha value is -0.220. The monoisotopic (exact) mass is 330 g/mol. The largest absolute Gasteiger partial charge is 0.385 e. The first-order chi connectivity index (χ1) is 9.04. The highest BCUT2D eigenvalue weighted by atomic mass is 32.2. The summed E-state index contributed by atoms with van der Waals surface area (Å²) < 4.78 is 55.1. The molecule has 9 heteroatoms. The van der Waals surface area contributed by atoms with Crippen LogP contribution in [0.1, 0.15) is 32.6 Å². The fourth-order valence-corrected chi connectivity index (χ4v) is 3.68. The highest BCUT2D eigenvalue weighted by molar-refractivity contribution is 7.89. The van der Waals surface area contributed by atoms with Crippen molar-refractivity contribution in [3.8, 4) is 0 Å². The topological polar surface area (TPSA) is 102 Å². The zero-order chi connectivity index (χ0) is 15.9. The molecule has 0 aromatic carbocycles. The van der Waals surface area contributed by atoms with Gasteiger partial charge in [-0.1, -0.05) is 6.92 Å². The van der Waals surface area contributed by atoms with Crippen molar-refractivity contribution in [1.29, 1.82) is 0 Å². The average molecular weight is 330 g/mol. The SMILES string of the molecule is CCC(CCCNS(C)(=O)=O)(CCOC)NS(C)(=O)=O. The van der Waals surface area contributed by atoms with Crippen molar-refractivity contribution in [3.05, 3.63) is 0 Å². The van der Waals surface area contributed by atoms with E-state index < -0.39 is 25.6 Å². The molecule has 0 aromatic heterocycles. The van der Waals surface area contributed by atoms with Gasteiger partial charge in [0.2, 0.25) is 20.0 Å². The van der Waals surface area contributed by atoms with Gasteiger partial charge in [-0.2, -0.15) is 0 Å². The third kappa shape index (κ3) is 9.65. The van der Waals surface area contributed by atoms with Crippen LogP contribution in [0, 0.1) is 0 Å². The van der Waals surface area contributed by atoms with Crippen LogP contribution in [0.5, 0.6) is 0 Å². The van der Waals surface area contributed by atoms with Gasteiger partial charge in [-0.3, -0.25) is 0 Å². The molecule has 0 amide bonds. The normalized spacial score (nSPS) is 16.0. The Balaban J connectivity index is 4.66. The molecule has 0 rings (SSSR count). The number of hydrogen-bond acceptors (Lipinski definition) is 5. The summed E-state index contributed by atoms with van der Waals surface area (Å²) in [5.74, 6) is 0. The zero-order valence-corrected chi connectivity index (χ0v) is 14.2. The minimum atomic E-state index is -3.33. The van der Waals surface area contributed by atoms with E-state index in [0.29, 0.717) is 38.8 Å². The van der Waals surface area contributed by atoms with E-state index in [9.17, 15) is 16.8 Å². The van der Waals surface area contributed by atoms with E-state index in [2.05, 4.69) is 9.44 Å². The molecule has 0 aromatic rings. The van der Waals surface area contributed by atoms with Gasteiger partial charge in [-0.05, 0) is 25.7 Å². The second-order valence-corrected chi connectivity index (χ2v) is 8.60. The van der Waals surface area contributed by atoms with Crippen molar-refractivity contribution in [1.82, 2.24) is 9.44 Å². The molecule has 2 N–H and O–H groups in total. The van der Waals surface area contributed by atoms with Crippen molar-refractivity contribution in [2.24, 2.45) is 0 Å². The van der Waals surface area contributed by atoms with E-state index >= 15 is 0 Å². The first-order valence-electron chi connectivity index (χ1n) is 6.46. The van der Waals surface area contributed by atoms with Gasteiger partial charge in [0.05, 0.1) is 12.5 Å². The van der Waals surface area contributed by atoms with Crippen LogP contribution in [0.15, 0.2) is 0 Å². The maximum atomic E-state index is 11.5. The molecule has 7 nitrogen and oxygen atoms in total. The maximum Gasteiger partial charge on any atom is 0.209 e. The van der Waals surface area contributed by atoms with E-state index in [1.807, 2.05) is 6.92 Å². The third-order valence-electron chi connectivity index (χ3n) is 3.06. The summed E-state index contributed by atoms with van der Waals surface area (Å²) in [6.07, 6.45) is 4.47. The highest BCUT2D eigenvalue weighted by Crippen LogP contribution is 2.23. The first kappa shape index (κ1) is 19.8. The summed E-state index contributed by atoms with van der Waals surface area (Å²) in [5.41, 5.74) is -0.594. The van der Waals surface area contributed by atoms with Crippen LogP contribution in [-0.2, 0) is 24.8 Å². The molecule has 0 radical (unpaired) electrons. The van der Waals surface area contributed by atoms with Crippen molar-refractivity contribution in [2.75, 3.05) is 32.8 Å². The van der Waals surface area contributed by atoms with Crippen molar-refractivity contribution in [2.45, 2.75) is 38.1 Å². The van der Waals surface area contributed by atoms with Crippen LogP contribution in [0.25, 0.3) is 0 Å². The Kier molecular flexibility index (Phi) is 8.19. The second-order valence-electron chi connectivity index (χ2n) is 5.02. The molecule has 0 aliphatic rings. The average Bonchev–Trinajstić information content (AvgIpc) is 2.28. The molecule has 122 valence electrons. The van der Waals surface area contributed by atoms with Gasteiger partial charge in [0.1, 0.15) is 0 Å². The molecular formula is C11H26N2O5S2. The van der Waals surface area contributed by atoms with E-state index in [4.69, 9.17) is 4.74 Å². The number of rotatable bonds is 11. The Bertz CT molecular complexity index is 475. The number of sulfonamides is 2. The summed E-state index contributed by atoms with van der Waals surface area (Å²) in [7, 11) is -4.99. The molecular weight excluding hydrogens is 304 g/mol. The Morgan fingerprint density at radius 2 is 1.65 bits per heavy atom. The second kappa shape index (κ2) is 8.28. The Morgan fingerprint density at radius 1 is 1.05 bits per heavy atom. The van der Waals surface area contributed by atoms with Crippen LogP contribution in [0.2, 0.25) is 0 Å². The Morgan fingerprint density at radius 3 is 2.05 bits per heavy atom. The van der Waals surface area contributed by atoms with Crippen LogP contribution in [0.3, 0.4) is 0 Å². The lowest BCUT2D eigenvalue weighted by Gasteiger charge is -2.33. The predicted octanol–water partition coefficient (Wildman–Crippen LogP) is 0.0503. The molecule has 0 spiro atoms. The number of ether oxygens (including phenoxy) is 1. The number of nitrogens with one attached hydrogen (secondary N) is 2. The summed E-state index contributed by atoms with van der Waals surface area (Å²) in [4.78, 5) is 0. The van der Waals surface area contributed by atoms with Gasteiger partial charge in [0.25, 0.3) is 0 Å². The van der Waals surface area contributed by atoms with Crippen LogP contribution in [0.4, 0.5) is 0 Å². The van der Waals surface area contributed by atoms with Gasteiger partial charge < -0.3 is 4.74 Å². The molecule has 0 bridgehead atoms. The Labute approximate surface area is 122 Å².